The molecule has 0 bridgehead atoms. The molecule has 0 aliphatic carbocycles. The average molecular weight is 316 g/mol. The average Bonchev–Trinajstić information content (AvgIpc) is 2.60. The first-order valence-corrected chi connectivity index (χ1v) is 6.77. The third-order valence-corrected chi connectivity index (χ3v) is 3.15. The van der Waals surface area contributed by atoms with Crippen LogP contribution in [0, 0.1) is 0 Å². The Morgan fingerprint density at radius 2 is 1.52 bits per heavy atom. The van der Waals surface area contributed by atoms with Gasteiger partial charge in [0.25, 0.3) is 0 Å². The van der Waals surface area contributed by atoms with Gasteiger partial charge in [0.2, 0.25) is 5.75 Å². The number of carbonyl (C=O) groups is 2. The Labute approximate surface area is 133 Å². The predicted octanol–water partition coefficient (Wildman–Crippen LogP) is 2.45. The SMILES string of the molecule is COc1cc(C(=O)OCC(=O)c2ccccc2)cc(OC)c1O. The molecule has 2 rings (SSSR count). The van der Waals surface area contributed by atoms with E-state index in [0.717, 1.165) is 0 Å². The Kier molecular flexibility index (Phi) is 5.19. The van der Waals surface area contributed by atoms with E-state index in [1.165, 1.54) is 26.4 Å². The maximum atomic E-state index is 12.1. The van der Waals surface area contributed by atoms with Gasteiger partial charge >= 0.3 is 5.97 Å². The van der Waals surface area contributed by atoms with E-state index < -0.39 is 5.97 Å². The van der Waals surface area contributed by atoms with Crippen molar-refractivity contribution >= 4 is 11.8 Å². The Balaban J connectivity index is 2.10. The highest BCUT2D eigenvalue weighted by molar-refractivity contribution is 5.99. The van der Waals surface area contributed by atoms with Gasteiger partial charge in [0, 0.05) is 5.56 Å². The lowest BCUT2D eigenvalue weighted by Crippen LogP contribution is -2.14. The molecular weight excluding hydrogens is 300 g/mol. The van der Waals surface area contributed by atoms with Gasteiger partial charge in [0.15, 0.2) is 23.9 Å². The molecule has 23 heavy (non-hydrogen) atoms. The third-order valence-electron chi connectivity index (χ3n) is 3.15. The zero-order valence-corrected chi connectivity index (χ0v) is 12.7. The largest absolute Gasteiger partial charge is 0.502 e. The summed E-state index contributed by atoms with van der Waals surface area (Å²) in [6.07, 6.45) is 0. The molecular formula is C17H16O6. The standard InChI is InChI=1S/C17H16O6/c1-21-14-8-12(9-15(22-2)16(14)19)17(20)23-10-13(18)11-6-4-3-5-7-11/h3-9,19H,10H2,1-2H3. The topological polar surface area (TPSA) is 82.1 Å². The van der Waals surface area contributed by atoms with Crippen molar-refractivity contribution in [3.63, 3.8) is 0 Å². The quantitative estimate of drug-likeness (QED) is 0.651. The highest BCUT2D eigenvalue weighted by Crippen LogP contribution is 2.37. The lowest BCUT2D eigenvalue weighted by Gasteiger charge is -2.11. The van der Waals surface area contributed by atoms with Crippen LogP contribution in [0.5, 0.6) is 17.2 Å². The van der Waals surface area contributed by atoms with Gasteiger partial charge in [-0.25, -0.2) is 4.79 Å². The number of benzene rings is 2. The Bertz CT molecular complexity index is 683. The Hall–Kier alpha value is -3.02. The van der Waals surface area contributed by atoms with Gasteiger partial charge in [-0.15, -0.1) is 0 Å². The van der Waals surface area contributed by atoms with Crippen molar-refractivity contribution in [2.75, 3.05) is 20.8 Å². The molecule has 120 valence electrons. The molecule has 0 atom stereocenters. The predicted molar refractivity (Wildman–Crippen MR) is 82.3 cm³/mol. The van der Waals surface area contributed by atoms with Crippen molar-refractivity contribution in [2.45, 2.75) is 0 Å². The van der Waals surface area contributed by atoms with Crippen LogP contribution in [0.3, 0.4) is 0 Å². The molecule has 0 saturated carbocycles. The van der Waals surface area contributed by atoms with Gasteiger partial charge in [-0.3, -0.25) is 4.79 Å². The monoisotopic (exact) mass is 316 g/mol. The number of aromatic hydroxyl groups is 1. The van der Waals surface area contributed by atoms with Crippen LogP contribution in [0.2, 0.25) is 0 Å². The van der Waals surface area contributed by atoms with Crippen LogP contribution in [0.15, 0.2) is 42.5 Å². The van der Waals surface area contributed by atoms with Crippen LogP contribution < -0.4 is 9.47 Å². The van der Waals surface area contributed by atoms with Crippen molar-refractivity contribution < 1.29 is 28.9 Å². The number of ketones is 1. The second-order valence-corrected chi connectivity index (χ2v) is 4.59. The molecule has 0 unspecified atom stereocenters. The van der Waals surface area contributed by atoms with Gasteiger partial charge in [-0.1, -0.05) is 30.3 Å². The maximum Gasteiger partial charge on any atom is 0.338 e. The van der Waals surface area contributed by atoms with Crippen LogP contribution in [0.25, 0.3) is 0 Å². The van der Waals surface area contributed by atoms with Crippen LogP contribution in [0.4, 0.5) is 0 Å². The molecule has 6 heteroatoms. The van der Waals surface area contributed by atoms with Crippen molar-refractivity contribution in [3.05, 3.63) is 53.6 Å². The normalized spacial score (nSPS) is 10.0. The minimum Gasteiger partial charge on any atom is -0.502 e. The molecule has 2 aromatic rings. The highest BCUT2D eigenvalue weighted by atomic mass is 16.5. The summed E-state index contributed by atoms with van der Waals surface area (Å²) in [4.78, 5) is 24.0. The lowest BCUT2D eigenvalue weighted by molar-refractivity contribution is 0.0474. The molecule has 0 fully saturated rings. The molecule has 0 aliphatic heterocycles. The van der Waals surface area contributed by atoms with E-state index >= 15 is 0 Å². The van der Waals surface area contributed by atoms with E-state index in [4.69, 9.17) is 14.2 Å². The summed E-state index contributed by atoms with van der Waals surface area (Å²) in [5.74, 6) is -1.09. The minimum absolute atomic E-state index is 0.0747. The van der Waals surface area contributed by atoms with E-state index in [1.807, 2.05) is 0 Å². The van der Waals surface area contributed by atoms with E-state index in [0.29, 0.717) is 5.56 Å². The van der Waals surface area contributed by atoms with Gasteiger partial charge in [0.1, 0.15) is 0 Å². The third kappa shape index (κ3) is 3.79. The van der Waals surface area contributed by atoms with Crippen molar-refractivity contribution in [2.24, 2.45) is 0 Å². The number of Topliss-reactive ketones (excluding diaryl/α,β-unsaturated/α-hetero) is 1. The van der Waals surface area contributed by atoms with Gasteiger partial charge in [0.05, 0.1) is 19.8 Å². The first-order chi connectivity index (χ1) is 11.1. The number of hydrogen-bond acceptors (Lipinski definition) is 6. The summed E-state index contributed by atoms with van der Waals surface area (Å²) in [5.41, 5.74) is 0.568. The molecule has 0 saturated heterocycles. The zero-order chi connectivity index (χ0) is 16.8. The first kappa shape index (κ1) is 16.4. The van der Waals surface area contributed by atoms with Crippen LogP contribution >= 0.6 is 0 Å². The van der Waals surface area contributed by atoms with Gasteiger partial charge < -0.3 is 19.3 Å². The molecule has 2 aromatic carbocycles. The summed E-state index contributed by atoms with van der Waals surface area (Å²) in [7, 11) is 2.70. The molecule has 0 radical (unpaired) electrons. The number of rotatable bonds is 6. The zero-order valence-electron chi connectivity index (χ0n) is 12.7. The number of ether oxygens (including phenoxy) is 3. The number of methoxy groups -OCH3 is 2. The van der Waals surface area contributed by atoms with E-state index in [1.54, 1.807) is 30.3 Å². The van der Waals surface area contributed by atoms with E-state index in [2.05, 4.69) is 0 Å². The summed E-state index contributed by atoms with van der Waals surface area (Å²) in [5, 5.41) is 9.81. The van der Waals surface area contributed by atoms with Crippen molar-refractivity contribution in [3.8, 4) is 17.2 Å². The summed E-state index contributed by atoms with van der Waals surface area (Å²) in [6.45, 7) is -0.381. The number of phenolic OH excluding ortho intramolecular Hbond substituents is 1. The minimum atomic E-state index is -0.717. The molecule has 0 heterocycles. The molecule has 6 nitrogen and oxygen atoms in total. The maximum absolute atomic E-state index is 12.1. The number of hydrogen-bond donors (Lipinski definition) is 1. The molecule has 0 aliphatic rings. The second-order valence-electron chi connectivity index (χ2n) is 4.59. The summed E-state index contributed by atoms with van der Waals surface area (Å²) in [6, 6.07) is 11.2. The molecule has 0 aromatic heterocycles. The first-order valence-electron chi connectivity index (χ1n) is 6.77. The summed E-state index contributed by atoms with van der Waals surface area (Å²) < 4.78 is 14.9. The van der Waals surface area contributed by atoms with Crippen LogP contribution in [0.1, 0.15) is 20.7 Å². The van der Waals surface area contributed by atoms with Crippen LogP contribution in [-0.2, 0) is 4.74 Å². The highest BCUT2D eigenvalue weighted by Gasteiger charge is 2.17. The number of carbonyl (C=O) groups excluding carboxylic acids is 2. The molecule has 0 amide bonds. The van der Waals surface area contributed by atoms with E-state index in [-0.39, 0.29) is 35.2 Å². The fourth-order valence-electron chi connectivity index (χ4n) is 1.93. The van der Waals surface area contributed by atoms with E-state index in [9.17, 15) is 14.7 Å². The fraction of sp³-hybridized carbons (Fsp3) is 0.176. The van der Waals surface area contributed by atoms with Gasteiger partial charge in [-0.05, 0) is 12.1 Å². The Morgan fingerprint density at radius 1 is 0.957 bits per heavy atom. The second kappa shape index (κ2) is 7.31. The van der Waals surface area contributed by atoms with Crippen molar-refractivity contribution in [1.29, 1.82) is 0 Å². The Morgan fingerprint density at radius 3 is 2.04 bits per heavy atom. The molecule has 0 spiro atoms. The molecule has 1 N–H and O–H groups in total. The summed E-state index contributed by atoms with van der Waals surface area (Å²) >= 11 is 0. The van der Waals surface area contributed by atoms with Crippen molar-refractivity contribution in [1.82, 2.24) is 0 Å². The lowest BCUT2D eigenvalue weighted by atomic mass is 10.1. The number of phenols is 1. The smallest absolute Gasteiger partial charge is 0.338 e. The number of esters is 1. The van der Waals surface area contributed by atoms with Gasteiger partial charge in [-0.2, -0.15) is 0 Å². The fourth-order valence-corrected chi connectivity index (χ4v) is 1.93. The van der Waals surface area contributed by atoms with Crippen LogP contribution in [-0.4, -0.2) is 37.7 Å².